The second kappa shape index (κ2) is 5.64. The van der Waals surface area contributed by atoms with Crippen molar-refractivity contribution in [3.05, 3.63) is 35.1 Å². The Morgan fingerprint density at radius 3 is 2.72 bits per heavy atom. The van der Waals surface area contributed by atoms with E-state index in [0.717, 1.165) is 12.1 Å². The Labute approximate surface area is 110 Å². The first kappa shape index (κ1) is 12.6. The number of nitrogens with zero attached hydrogens (tertiary/aromatic N) is 3. The molecule has 0 atom stereocenters. The number of aryl methyl sites for hydroxylation is 1. The topological polar surface area (TPSA) is 59.9 Å². The predicted molar refractivity (Wildman–Crippen MR) is 70.5 cm³/mol. The number of ether oxygens (including phenoxy) is 1. The molecule has 0 spiro atoms. The number of benzene rings is 1. The number of nitrogens with one attached hydrogen (secondary N) is 1. The molecule has 1 heterocycles. The van der Waals surface area contributed by atoms with Crippen LogP contribution < -0.4 is 10.1 Å². The van der Waals surface area contributed by atoms with Gasteiger partial charge in [0.15, 0.2) is 0 Å². The van der Waals surface area contributed by atoms with E-state index in [9.17, 15) is 0 Å². The molecule has 2 rings (SSSR count). The van der Waals surface area contributed by atoms with Crippen LogP contribution >= 0.6 is 11.6 Å². The van der Waals surface area contributed by atoms with Crippen LogP contribution in [0.2, 0.25) is 5.28 Å². The van der Waals surface area contributed by atoms with Crippen LogP contribution in [0.25, 0.3) is 0 Å². The van der Waals surface area contributed by atoms with Crippen LogP contribution in [0.4, 0.5) is 11.6 Å². The largest absolute Gasteiger partial charge is 0.467 e. The molecular weight excluding hydrogens is 252 g/mol. The maximum atomic E-state index is 5.79. The Morgan fingerprint density at radius 1 is 1.22 bits per heavy atom. The van der Waals surface area contributed by atoms with Gasteiger partial charge >= 0.3 is 6.01 Å². The number of rotatable bonds is 4. The number of para-hydroxylation sites is 1. The first-order valence-electron chi connectivity index (χ1n) is 5.53. The fraction of sp³-hybridized carbons (Fsp3) is 0.250. The van der Waals surface area contributed by atoms with Gasteiger partial charge in [-0.15, -0.1) is 0 Å². The molecule has 1 N–H and O–H groups in total. The summed E-state index contributed by atoms with van der Waals surface area (Å²) in [5, 5.41) is 3.21. The third-order valence-corrected chi connectivity index (χ3v) is 2.58. The molecule has 18 heavy (non-hydrogen) atoms. The van der Waals surface area contributed by atoms with Crippen LogP contribution in [0, 0.1) is 0 Å². The van der Waals surface area contributed by atoms with Crippen molar-refractivity contribution in [2.24, 2.45) is 0 Å². The molecule has 0 amide bonds. The van der Waals surface area contributed by atoms with Crippen LogP contribution in [0.15, 0.2) is 24.3 Å². The van der Waals surface area contributed by atoms with Crippen LogP contribution in [-0.2, 0) is 6.42 Å². The molecule has 0 aliphatic rings. The number of hydrogen-bond donors (Lipinski definition) is 1. The SMILES string of the molecule is CCc1ccccc1Nc1nc(Cl)nc(OC)n1. The molecule has 94 valence electrons. The minimum atomic E-state index is 0.0957. The summed E-state index contributed by atoms with van der Waals surface area (Å²) in [7, 11) is 1.48. The quantitative estimate of drug-likeness (QED) is 0.920. The fourth-order valence-corrected chi connectivity index (χ4v) is 1.70. The van der Waals surface area contributed by atoms with E-state index in [0.29, 0.717) is 5.95 Å². The molecule has 0 fully saturated rings. The average molecular weight is 265 g/mol. The normalized spacial score (nSPS) is 10.2. The average Bonchev–Trinajstić information content (AvgIpc) is 2.38. The Hall–Kier alpha value is -1.88. The van der Waals surface area contributed by atoms with Crippen molar-refractivity contribution in [2.75, 3.05) is 12.4 Å². The lowest BCUT2D eigenvalue weighted by Gasteiger charge is -2.09. The van der Waals surface area contributed by atoms with E-state index in [1.807, 2.05) is 24.3 Å². The van der Waals surface area contributed by atoms with Crippen LogP contribution in [0.3, 0.4) is 0 Å². The molecule has 0 saturated carbocycles. The van der Waals surface area contributed by atoms with Gasteiger partial charge in [-0.25, -0.2) is 0 Å². The van der Waals surface area contributed by atoms with Crippen molar-refractivity contribution in [1.29, 1.82) is 0 Å². The summed E-state index contributed by atoms with van der Waals surface area (Å²) in [5.41, 5.74) is 2.12. The number of methoxy groups -OCH3 is 1. The standard InChI is InChI=1S/C12H13ClN4O/c1-3-8-6-4-5-7-9(8)14-11-15-10(13)16-12(17-11)18-2/h4-7H,3H2,1-2H3,(H,14,15,16,17). The van der Waals surface area contributed by atoms with E-state index in [1.165, 1.54) is 12.7 Å². The van der Waals surface area contributed by atoms with E-state index in [1.54, 1.807) is 0 Å². The molecule has 0 radical (unpaired) electrons. The summed E-state index contributed by atoms with van der Waals surface area (Å²) in [6.07, 6.45) is 0.916. The first-order valence-corrected chi connectivity index (χ1v) is 5.91. The van der Waals surface area contributed by atoms with Crippen molar-refractivity contribution >= 4 is 23.2 Å². The minimum absolute atomic E-state index is 0.0957. The molecule has 1 aromatic heterocycles. The Kier molecular flexibility index (Phi) is 3.94. The maximum absolute atomic E-state index is 5.79. The smallest absolute Gasteiger partial charge is 0.322 e. The molecule has 2 aromatic rings. The zero-order valence-electron chi connectivity index (χ0n) is 10.1. The second-order valence-electron chi connectivity index (χ2n) is 3.55. The summed E-state index contributed by atoms with van der Waals surface area (Å²) < 4.78 is 4.94. The molecule has 0 saturated heterocycles. The number of anilines is 2. The highest BCUT2D eigenvalue weighted by Crippen LogP contribution is 2.20. The third kappa shape index (κ3) is 2.87. The van der Waals surface area contributed by atoms with Gasteiger partial charge in [0.05, 0.1) is 7.11 Å². The molecule has 0 aliphatic heterocycles. The number of halogens is 1. The zero-order valence-corrected chi connectivity index (χ0v) is 10.9. The van der Waals surface area contributed by atoms with Crippen LogP contribution in [0.1, 0.15) is 12.5 Å². The van der Waals surface area contributed by atoms with Gasteiger partial charge in [0.1, 0.15) is 0 Å². The van der Waals surface area contributed by atoms with E-state index in [2.05, 4.69) is 27.2 Å². The minimum Gasteiger partial charge on any atom is -0.467 e. The Morgan fingerprint density at radius 2 is 2.00 bits per heavy atom. The monoisotopic (exact) mass is 264 g/mol. The summed E-state index contributed by atoms with van der Waals surface area (Å²) in [5.74, 6) is 0.368. The molecule has 6 heteroatoms. The van der Waals surface area contributed by atoms with E-state index < -0.39 is 0 Å². The van der Waals surface area contributed by atoms with E-state index in [4.69, 9.17) is 16.3 Å². The number of aromatic nitrogens is 3. The molecule has 5 nitrogen and oxygen atoms in total. The fourth-order valence-electron chi connectivity index (χ4n) is 1.55. The summed E-state index contributed by atoms with van der Waals surface area (Å²) in [4.78, 5) is 11.9. The molecule has 0 unspecified atom stereocenters. The molecule has 0 bridgehead atoms. The van der Waals surface area contributed by atoms with Crippen molar-refractivity contribution < 1.29 is 4.74 Å². The van der Waals surface area contributed by atoms with Gasteiger partial charge in [0.25, 0.3) is 0 Å². The summed E-state index contributed by atoms with van der Waals surface area (Å²) in [6.45, 7) is 2.08. The molecular formula is C12H13ClN4O. The zero-order chi connectivity index (χ0) is 13.0. The van der Waals surface area contributed by atoms with Gasteiger partial charge in [-0.1, -0.05) is 25.1 Å². The lowest BCUT2D eigenvalue weighted by atomic mass is 10.1. The van der Waals surface area contributed by atoms with Crippen LogP contribution in [-0.4, -0.2) is 22.1 Å². The van der Waals surface area contributed by atoms with Crippen LogP contribution in [0.5, 0.6) is 6.01 Å². The summed E-state index contributed by atoms with van der Waals surface area (Å²) >= 11 is 5.79. The van der Waals surface area contributed by atoms with Crippen molar-refractivity contribution in [2.45, 2.75) is 13.3 Å². The number of hydrogen-bond acceptors (Lipinski definition) is 5. The Balaban J connectivity index is 2.30. The second-order valence-corrected chi connectivity index (χ2v) is 3.89. The van der Waals surface area contributed by atoms with Gasteiger partial charge in [-0.3, -0.25) is 0 Å². The Bertz CT molecular complexity index is 547. The molecule has 1 aromatic carbocycles. The highest BCUT2D eigenvalue weighted by molar-refractivity contribution is 6.28. The van der Waals surface area contributed by atoms with Gasteiger partial charge in [0, 0.05) is 5.69 Å². The summed E-state index contributed by atoms with van der Waals surface area (Å²) in [6, 6.07) is 8.13. The predicted octanol–water partition coefficient (Wildman–Crippen LogP) is 2.84. The molecule has 0 aliphatic carbocycles. The van der Waals surface area contributed by atoms with Gasteiger partial charge in [-0.05, 0) is 29.7 Å². The van der Waals surface area contributed by atoms with Gasteiger partial charge in [-0.2, -0.15) is 15.0 Å². The van der Waals surface area contributed by atoms with E-state index in [-0.39, 0.29) is 11.3 Å². The van der Waals surface area contributed by atoms with Crippen molar-refractivity contribution in [3.8, 4) is 6.01 Å². The van der Waals surface area contributed by atoms with Crippen molar-refractivity contribution in [3.63, 3.8) is 0 Å². The first-order chi connectivity index (χ1) is 8.72. The maximum Gasteiger partial charge on any atom is 0.322 e. The highest BCUT2D eigenvalue weighted by Gasteiger charge is 2.07. The van der Waals surface area contributed by atoms with Gasteiger partial charge < -0.3 is 10.1 Å². The van der Waals surface area contributed by atoms with Gasteiger partial charge in [0.2, 0.25) is 11.2 Å². The van der Waals surface area contributed by atoms with E-state index >= 15 is 0 Å². The van der Waals surface area contributed by atoms with Crippen molar-refractivity contribution in [1.82, 2.24) is 15.0 Å². The highest BCUT2D eigenvalue weighted by atomic mass is 35.5. The third-order valence-electron chi connectivity index (χ3n) is 2.41. The lowest BCUT2D eigenvalue weighted by molar-refractivity contribution is 0.379. The lowest BCUT2D eigenvalue weighted by Crippen LogP contribution is -2.03.